The molecule has 6 nitrogen and oxygen atoms in total. The van der Waals surface area contributed by atoms with Crippen molar-refractivity contribution >= 4 is 11.8 Å². The minimum absolute atomic E-state index is 0.341. The van der Waals surface area contributed by atoms with Gasteiger partial charge in [0.1, 0.15) is 11.4 Å². The predicted octanol–water partition coefficient (Wildman–Crippen LogP) is 0.636. The monoisotopic (exact) mass is 218 g/mol. The number of aromatic nitrogens is 3. The lowest BCUT2D eigenvalue weighted by atomic mass is 10.2. The van der Waals surface area contributed by atoms with E-state index in [-0.39, 0.29) is 0 Å². The van der Waals surface area contributed by atoms with Gasteiger partial charge in [0.25, 0.3) is 0 Å². The average molecular weight is 218 g/mol. The molecule has 82 valence electrons. The minimum Gasteiger partial charge on any atom is -0.465 e. The second-order valence-corrected chi connectivity index (χ2v) is 3.05. The van der Waals surface area contributed by atoms with Gasteiger partial charge in [0.05, 0.1) is 7.11 Å². The molecule has 6 heteroatoms. The van der Waals surface area contributed by atoms with Crippen LogP contribution < -0.4 is 5.73 Å². The molecule has 2 N–H and O–H groups in total. The van der Waals surface area contributed by atoms with Crippen molar-refractivity contribution in [2.75, 3.05) is 12.8 Å². The quantitative estimate of drug-likeness (QED) is 0.748. The lowest BCUT2D eigenvalue weighted by molar-refractivity contribution is 0.0600. The van der Waals surface area contributed by atoms with Crippen LogP contribution >= 0.6 is 0 Å². The van der Waals surface area contributed by atoms with Gasteiger partial charge in [-0.2, -0.15) is 0 Å². The molecule has 0 unspecified atom stereocenters. The molecule has 2 aromatic rings. The Morgan fingerprint density at radius 3 is 2.94 bits per heavy atom. The standard InChI is InChI=1S/C10H10N4O2/c1-16-10(15)7-3-2-5-12-9(7)14-6-4-8(11)13-14/h2-6H,1H3,(H2,11,13). The largest absolute Gasteiger partial charge is 0.465 e. The number of carbonyl (C=O) groups excluding carboxylic acids is 1. The van der Waals surface area contributed by atoms with E-state index in [4.69, 9.17) is 5.73 Å². The van der Waals surface area contributed by atoms with Crippen LogP contribution in [0.2, 0.25) is 0 Å². The van der Waals surface area contributed by atoms with Crippen molar-refractivity contribution in [1.82, 2.24) is 14.8 Å². The Morgan fingerprint density at radius 2 is 2.31 bits per heavy atom. The molecular formula is C10H10N4O2. The zero-order valence-electron chi connectivity index (χ0n) is 8.62. The molecule has 0 spiro atoms. The van der Waals surface area contributed by atoms with E-state index in [0.717, 1.165) is 0 Å². The number of esters is 1. The Kier molecular flexibility index (Phi) is 2.55. The molecule has 0 amide bonds. The molecule has 0 saturated carbocycles. The summed E-state index contributed by atoms with van der Waals surface area (Å²) in [6, 6.07) is 4.89. The van der Waals surface area contributed by atoms with Gasteiger partial charge in [-0.3, -0.25) is 0 Å². The van der Waals surface area contributed by atoms with Gasteiger partial charge >= 0.3 is 5.97 Å². The summed E-state index contributed by atoms with van der Waals surface area (Å²) in [5.74, 6) is 0.296. The van der Waals surface area contributed by atoms with E-state index in [2.05, 4.69) is 14.8 Å². The van der Waals surface area contributed by atoms with Crippen molar-refractivity contribution in [1.29, 1.82) is 0 Å². The lowest BCUT2D eigenvalue weighted by Crippen LogP contribution is -2.10. The van der Waals surface area contributed by atoms with Gasteiger partial charge in [-0.05, 0) is 12.1 Å². The lowest BCUT2D eigenvalue weighted by Gasteiger charge is -2.05. The van der Waals surface area contributed by atoms with Crippen LogP contribution in [0, 0.1) is 0 Å². The summed E-state index contributed by atoms with van der Waals surface area (Å²) in [7, 11) is 1.32. The molecule has 0 aliphatic rings. The zero-order valence-corrected chi connectivity index (χ0v) is 8.62. The number of carbonyl (C=O) groups is 1. The maximum Gasteiger partial charge on any atom is 0.341 e. The normalized spacial score (nSPS) is 10.1. The van der Waals surface area contributed by atoms with Crippen LogP contribution in [0.1, 0.15) is 10.4 Å². The summed E-state index contributed by atoms with van der Waals surface area (Å²) < 4.78 is 6.09. The van der Waals surface area contributed by atoms with E-state index in [0.29, 0.717) is 17.2 Å². The summed E-state index contributed by atoms with van der Waals surface area (Å²) in [6.45, 7) is 0. The summed E-state index contributed by atoms with van der Waals surface area (Å²) in [6.07, 6.45) is 3.20. The van der Waals surface area contributed by atoms with Crippen molar-refractivity contribution in [3.63, 3.8) is 0 Å². The topological polar surface area (TPSA) is 83.0 Å². The summed E-state index contributed by atoms with van der Waals surface area (Å²) >= 11 is 0. The van der Waals surface area contributed by atoms with Crippen LogP contribution in [0.15, 0.2) is 30.6 Å². The van der Waals surface area contributed by atoms with Gasteiger partial charge in [-0.25, -0.2) is 14.5 Å². The molecule has 2 aromatic heterocycles. The molecule has 0 aliphatic carbocycles. The van der Waals surface area contributed by atoms with Crippen molar-refractivity contribution in [3.8, 4) is 5.82 Å². The van der Waals surface area contributed by atoms with Crippen molar-refractivity contribution in [2.45, 2.75) is 0 Å². The predicted molar refractivity (Wildman–Crippen MR) is 57.1 cm³/mol. The fraction of sp³-hybridized carbons (Fsp3) is 0.100. The maximum absolute atomic E-state index is 11.5. The van der Waals surface area contributed by atoms with Gasteiger partial charge in [0.2, 0.25) is 0 Å². The Morgan fingerprint density at radius 1 is 1.50 bits per heavy atom. The van der Waals surface area contributed by atoms with E-state index in [1.165, 1.54) is 11.8 Å². The second-order valence-electron chi connectivity index (χ2n) is 3.05. The molecule has 0 fully saturated rings. The van der Waals surface area contributed by atoms with Gasteiger partial charge in [-0.15, -0.1) is 5.10 Å². The van der Waals surface area contributed by atoms with Crippen LogP contribution in [-0.4, -0.2) is 27.8 Å². The first-order chi connectivity index (χ1) is 7.72. The first-order valence-electron chi connectivity index (χ1n) is 4.57. The molecule has 2 rings (SSSR count). The molecule has 16 heavy (non-hydrogen) atoms. The van der Waals surface area contributed by atoms with E-state index >= 15 is 0 Å². The molecular weight excluding hydrogens is 208 g/mol. The van der Waals surface area contributed by atoms with Gasteiger partial charge in [-0.1, -0.05) is 0 Å². The van der Waals surface area contributed by atoms with Crippen LogP contribution in [0.4, 0.5) is 5.82 Å². The Hall–Kier alpha value is -2.37. The number of nitrogen functional groups attached to an aromatic ring is 1. The number of ether oxygens (including phenoxy) is 1. The van der Waals surface area contributed by atoms with Gasteiger partial charge in [0, 0.05) is 18.5 Å². The number of nitrogens with two attached hydrogens (primary N) is 1. The first-order valence-corrected chi connectivity index (χ1v) is 4.57. The highest BCUT2D eigenvalue weighted by Crippen LogP contribution is 2.12. The Labute approximate surface area is 91.7 Å². The molecule has 0 saturated heterocycles. The summed E-state index contributed by atoms with van der Waals surface area (Å²) in [5.41, 5.74) is 5.84. The number of anilines is 1. The highest BCUT2D eigenvalue weighted by Gasteiger charge is 2.14. The average Bonchev–Trinajstić information content (AvgIpc) is 2.75. The van der Waals surface area contributed by atoms with Crippen LogP contribution in [0.25, 0.3) is 5.82 Å². The highest BCUT2D eigenvalue weighted by atomic mass is 16.5. The van der Waals surface area contributed by atoms with E-state index in [9.17, 15) is 4.79 Å². The Balaban J connectivity index is 2.52. The number of hydrogen-bond donors (Lipinski definition) is 1. The molecule has 2 heterocycles. The third kappa shape index (κ3) is 1.72. The van der Waals surface area contributed by atoms with E-state index < -0.39 is 5.97 Å². The van der Waals surface area contributed by atoms with Gasteiger partial charge < -0.3 is 10.5 Å². The molecule has 0 atom stereocenters. The van der Waals surface area contributed by atoms with Crippen molar-refractivity contribution in [3.05, 3.63) is 36.2 Å². The molecule has 0 aliphatic heterocycles. The highest BCUT2D eigenvalue weighted by molar-refractivity contribution is 5.92. The van der Waals surface area contributed by atoms with Gasteiger partial charge in [0.15, 0.2) is 5.82 Å². The number of rotatable bonds is 2. The van der Waals surface area contributed by atoms with Crippen LogP contribution in [0.5, 0.6) is 0 Å². The van der Waals surface area contributed by atoms with Crippen LogP contribution in [0.3, 0.4) is 0 Å². The fourth-order valence-corrected chi connectivity index (χ4v) is 1.30. The van der Waals surface area contributed by atoms with Crippen LogP contribution in [-0.2, 0) is 4.74 Å². The number of methoxy groups -OCH3 is 1. The number of pyridine rings is 1. The third-order valence-corrected chi connectivity index (χ3v) is 2.02. The Bertz CT molecular complexity index is 521. The molecule has 0 bridgehead atoms. The fourth-order valence-electron chi connectivity index (χ4n) is 1.30. The summed E-state index contributed by atoms with van der Waals surface area (Å²) in [4.78, 5) is 15.6. The number of nitrogens with zero attached hydrogens (tertiary/aromatic N) is 3. The van der Waals surface area contributed by atoms with Crippen molar-refractivity contribution < 1.29 is 9.53 Å². The minimum atomic E-state index is -0.461. The maximum atomic E-state index is 11.5. The zero-order chi connectivity index (χ0) is 11.5. The smallest absolute Gasteiger partial charge is 0.341 e. The third-order valence-electron chi connectivity index (χ3n) is 2.02. The second kappa shape index (κ2) is 4.01. The first kappa shape index (κ1) is 10.2. The summed E-state index contributed by atoms with van der Waals surface area (Å²) in [5, 5.41) is 3.98. The number of hydrogen-bond acceptors (Lipinski definition) is 5. The molecule has 0 aromatic carbocycles. The SMILES string of the molecule is COC(=O)c1cccnc1-n1ccc(N)n1. The molecule has 0 radical (unpaired) electrons. The van der Waals surface area contributed by atoms with E-state index in [1.807, 2.05) is 0 Å². The van der Waals surface area contributed by atoms with E-state index in [1.54, 1.807) is 30.6 Å². The van der Waals surface area contributed by atoms with Crippen molar-refractivity contribution in [2.24, 2.45) is 0 Å².